The second-order valence-electron chi connectivity index (χ2n) is 13.3. The minimum Gasteiger partial charge on any atom is -0.369 e. The number of hydrogen-bond donors (Lipinski definition) is 1. The number of nitrogens with zero attached hydrogens (tertiary/aromatic N) is 3. The van der Waals surface area contributed by atoms with Gasteiger partial charge < -0.3 is 19.9 Å². The Bertz CT molecular complexity index is 1040. The fourth-order valence-corrected chi connectivity index (χ4v) is 6.19. The number of ketones is 1. The van der Waals surface area contributed by atoms with Crippen LogP contribution < -0.4 is 10.2 Å². The summed E-state index contributed by atoms with van der Waals surface area (Å²) < 4.78 is 5.89. The van der Waals surface area contributed by atoms with Crippen molar-refractivity contribution >= 4 is 23.3 Å². The lowest BCUT2D eigenvalue weighted by Gasteiger charge is -2.37. The Hall–Kier alpha value is -2.45. The molecule has 0 saturated carbocycles. The molecule has 39 heavy (non-hydrogen) atoms. The van der Waals surface area contributed by atoms with Crippen LogP contribution in [-0.4, -0.2) is 91.5 Å². The molecule has 3 aliphatic heterocycles. The predicted molar refractivity (Wildman–Crippen MR) is 154 cm³/mol. The number of rotatable bonds is 8. The smallest absolute Gasteiger partial charge is 0.251 e. The molecule has 3 aliphatic rings. The van der Waals surface area contributed by atoms with E-state index in [1.165, 1.54) is 6.42 Å². The van der Waals surface area contributed by atoms with E-state index in [0.717, 1.165) is 38.4 Å². The lowest BCUT2D eigenvalue weighted by Crippen LogP contribution is -2.57. The molecule has 0 radical (unpaired) electrons. The maximum absolute atomic E-state index is 14.1. The Morgan fingerprint density at radius 3 is 2.23 bits per heavy atom. The van der Waals surface area contributed by atoms with Gasteiger partial charge in [0, 0.05) is 49.9 Å². The van der Waals surface area contributed by atoms with Crippen molar-refractivity contribution in [3.05, 3.63) is 29.8 Å². The third-order valence-electron chi connectivity index (χ3n) is 9.20. The number of benzene rings is 1. The number of likely N-dealkylation sites (tertiary alicyclic amines) is 1. The molecule has 3 fully saturated rings. The summed E-state index contributed by atoms with van der Waals surface area (Å²) in [5, 5.41) is 3.07. The highest BCUT2D eigenvalue weighted by molar-refractivity contribution is 5.99. The summed E-state index contributed by atoms with van der Waals surface area (Å²) in [6.45, 7) is 20.3. The molecular weight excluding hydrogens is 492 g/mol. The van der Waals surface area contributed by atoms with Gasteiger partial charge in [-0.05, 0) is 54.5 Å². The van der Waals surface area contributed by atoms with E-state index in [-0.39, 0.29) is 41.6 Å². The summed E-state index contributed by atoms with van der Waals surface area (Å²) in [7, 11) is 0. The minimum absolute atomic E-state index is 0.0416. The first-order valence-corrected chi connectivity index (χ1v) is 14.7. The fraction of sp³-hybridized carbons (Fsp3) is 0.710. The second-order valence-corrected chi connectivity index (χ2v) is 13.3. The van der Waals surface area contributed by atoms with Gasteiger partial charge in [-0.25, -0.2) is 0 Å². The number of carbonyl (C=O) groups is 3. The molecule has 1 unspecified atom stereocenters. The number of nitrogens with one attached hydrogen (secondary N) is 1. The summed E-state index contributed by atoms with van der Waals surface area (Å²) in [6, 6.07) is 6.36. The van der Waals surface area contributed by atoms with Crippen molar-refractivity contribution in [2.75, 3.05) is 50.8 Å². The van der Waals surface area contributed by atoms with E-state index < -0.39 is 17.5 Å². The zero-order chi connectivity index (χ0) is 28.5. The molecule has 1 aromatic carbocycles. The summed E-state index contributed by atoms with van der Waals surface area (Å²) >= 11 is 0. The van der Waals surface area contributed by atoms with E-state index in [9.17, 15) is 14.4 Å². The standard InChI is InChI=1S/C31H48N4O4/c1-8-14-33-15-17-34(18-16-33)22-12-10-21(11-13-22)28(37)32-27(31(6,7)9-2)29(38)35-19-23(30(3,4)5)26-25(35)24(36)20-39-26/h10-13,23,25-27H,8-9,14-20H2,1-7H3,(H,32,37)/t23-,25+,26+,27?/m0/s1. The van der Waals surface area contributed by atoms with Gasteiger partial charge in [0.15, 0.2) is 5.78 Å². The number of ether oxygens (including phenoxy) is 1. The Morgan fingerprint density at radius 1 is 1.03 bits per heavy atom. The van der Waals surface area contributed by atoms with Crippen molar-refractivity contribution < 1.29 is 19.1 Å². The van der Waals surface area contributed by atoms with Crippen LogP contribution in [0.5, 0.6) is 0 Å². The molecule has 0 spiro atoms. The van der Waals surface area contributed by atoms with E-state index in [1.807, 2.05) is 45.0 Å². The van der Waals surface area contributed by atoms with Crippen molar-refractivity contribution in [2.45, 2.75) is 79.5 Å². The van der Waals surface area contributed by atoms with Crippen LogP contribution in [0.2, 0.25) is 0 Å². The fourth-order valence-electron chi connectivity index (χ4n) is 6.19. The highest BCUT2D eigenvalue weighted by Crippen LogP contribution is 2.42. The Morgan fingerprint density at radius 2 is 1.67 bits per heavy atom. The van der Waals surface area contributed by atoms with Crippen LogP contribution in [0.25, 0.3) is 0 Å². The maximum atomic E-state index is 14.1. The Labute approximate surface area is 234 Å². The zero-order valence-electron chi connectivity index (χ0n) is 25.0. The molecule has 0 aromatic heterocycles. The molecule has 2 amide bonds. The van der Waals surface area contributed by atoms with Crippen LogP contribution in [0.1, 0.15) is 71.7 Å². The largest absolute Gasteiger partial charge is 0.369 e. The monoisotopic (exact) mass is 540 g/mol. The Kier molecular flexibility index (Phi) is 8.76. The van der Waals surface area contributed by atoms with E-state index in [2.05, 4.69) is 42.8 Å². The van der Waals surface area contributed by atoms with E-state index in [0.29, 0.717) is 18.5 Å². The number of anilines is 1. The molecule has 216 valence electrons. The first kappa shape index (κ1) is 29.5. The lowest BCUT2D eigenvalue weighted by molar-refractivity contribution is -0.140. The highest BCUT2D eigenvalue weighted by atomic mass is 16.5. The number of Topliss-reactive ketones (excluding diaryl/α,β-unsaturated/α-hetero) is 1. The summed E-state index contributed by atoms with van der Waals surface area (Å²) in [5.41, 5.74) is 1.02. The van der Waals surface area contributed by atoms with Gasteiger partial charge in [0.1, 0.15) is 18.7 Å². The SMILES string of the molecule is CCCN1CCN(c2ccc(C(=O)NC(C(=O)N3C[C@H](C(C)(C)C)[C@H]4OCC(=O)[C@H]43)C(C)(C)CC)cc2)CC1. The van der Waals surface area contributed by atoms with E-state index in [4.69, 9.17) is 4.74 Å². The summed E-state index contributed by atoms with van der Waals surface area (Å²) in [5.74, 6) is -0.468. The molecule has 0 aliphatic carbocycles. The van der Waals surface area contributed by atoms with Crippen molar-refractivity contribution in [2.24, 2.45) is 16.7 Å². The lowest BCUT2D eigenvalue weighted by atomic mass is 9.78. The first-order chi connectivity index (χ1) is 18.4. The molecule has 0 bridgehead atoms. The molecule has 1 aromatic rings. The number of carbonyl (C=O) groups excluding carboxylic acids is 3. The molecule has 8 heteroatoms. The number of piperazine rings is 1. The maximum Gasteiger partial charge on any atom is 0.251 e. The third kappa shape index (κ3) is 6.17. The Balaban J connectivity index is 1.49. The van der Waals surface area contributed by atoms with Gasteiger partial charge in [-0.2, -0.15) is 0 Å². The van der Waals surface area contributed by atoms with Crippen LogP contribution in [-0.2, 0) is 14.3 Å². The topological polar surface area (TPSA) is 82.2 Å². The number of amides is 2. The van der Waals surface area contributed by atoms with E-state index in [1.54, 1.807) is 4.90 Å². The van der Waals surface area contributed by atoms with Crippen LogP contribution in [0.15, 0.2) is 24.3 Å². The highest BCUT2D eigenvalue weighted by Gasteiger charge is 2.56. The van der Waals surface area contributed by atoms with Gasteiger partial charge in [0.2, 0.25) is 5.91 Å². The first-order valence-electron chi connectivity index (χ1n) is 14.7. The quantitative estimate of drug-likeness (QED) is 0.543. The normalized spacial score (nSPS) is 25.1. The van der Waals surface area contributed by atoms with E-state index >= 15 is 0 Å². The second kappa shape index (κ2) is 11.6. The molecular formula is C31H48N4O4. The average molecular weight is 541 g/mol. The van der Waals surface area contributed by atoms with Crippen LogP contribution in [0.4, 0.5) is 5.69 Å². The van der Waals surface area contributed by atoms with Crippen molar-refractivity contribution in [1.82, 2.24) is 15.1 Å². The van der Waals surface area contributed by atoms with Gasteiger partial charge in [0.05, 0.1) is 6.10 Å². The molecule has 3 saturated heterocycles. The summed E-state index contributed by atoms with van der Waals surface area (Å²) in [6.07, 6.45) is 1.57. The number of fused-ring (bicyclic) bond motifs is 1. The summed E-state index contributed by atoms with van der Waals surface area (Å²) in [4.78, 5) is 46.9. The molecule has 3 heterocycles. The van der Waals surface area contributed by atoms with Crippen LogP contribution in [0.3, 0.4) is 0 Å². The molecule has 4 rings (SSSR count). The van der Waals surface area contributed by atoms with Gasteiger partial charge >= 0.3 is 0 Å². The van der Waals surface area contributed by atoms with Gasteiger partial charge in [-0.15, -0.1) is 0 Å². The minimum atomic E-state index is -0.755. The molecule has 8 nitrogen and oxygen atoms in total. The molecule has 1 N–H and O–H groups in total. The van der Waals surface area contributed by atoms with Gasteiger partial charge in [-0.3, -0.25) is 19.3 Å². The molecule has 4 atom stereocenters. The van der Waals surface area contributed by atoms with Crippen molar-refractivity contribution in [3.8, 4) is 0 Å². The van der Waals surface area contributed by atoms with Crippen molar-refractivity contribution in [1.29, 1.82) is 0 Å². The third-order valence-corrected chi connectivity index (χ3v) is 9.20. The predicted octanol–water partition coefficient (Wildman–Crippen LogP) is 3.59. The van der Waals surface area contributed by atoms with Gasteiger partial charge in [-0.1, -0.05) is 48.5 Å². The number of hydrogen-bond acceptors (Lipinski definition) is 6. The van der Waals surface area contributed by atoms with Crippen LogP contribution in [0, 0.1) is 16.7 Å². The van der Waals surface area contributed by atoms with Gasteiger partial charge in [0.25, 0.3) is 5.91 Å². The van der Waals surface area contributed by atoms with Crippen molar-refractivity contribution in [3.63, 3.8) is 0 Å². The average Bonchev–Trinajstić information content (AvgIpc) is 3.48. The zero-order valence-corrected chi connectivity index (χ0v) is 25.0. The van der Waals surface area contributed by atoms with Crippen LogP contribution >= 0.6 is 0 Å².